The van der Waals surface area contributed by atoms with Gasteiger partial charge >= 0.3 is 0 Å². The molecule has 0 spiro atoms. The molecule has 2 bridgehead atoms. The van der Waals surface area contributed by atoms with Gasteiger partial charge < -0.3 is 10.0 Å². The number of phenols is 1. The summed E-state index contributed by atoms with van der Waals surface area (Å²) in [7, 11) is 0. The normalized spacial score (nSPS) is 35.1. The van der Waals surface area contributed by atoms with Crippen molar-refractivity contribution in [2.45, 2.75) is 58.0 Å². The molecule has 154 valence electrons. The van der Waals surface area contributed by atoms with Gasteiger partial charge in [0.2, 0.25) is 0 Å². The van der Waals surface area contributed by atoms with Crippen LogP contribution in [0.15, 0.2) is 53.9 Å². The van der Waals surface area contributed by atoms with Crippen molar-refractivity contribution in [1.29, 1.82) is 0 Å². The van der Waals surface area contributed by atoms with Crippen molar-refractivity contribution in [2.75, 3.05) is 0 Å². The van der Waals surface area contributed by atoms with Gasteiger partial charge in [0, 0.05) is 23.2 Å². The maximum absolute atomic E-state index is 13.8. The Labute approximate surface area is 176 Å². The minimum Gasteiger partial charge on any atom is -0.508 e. The number of aromatic nitrogens is 2. The molecule has 0 saturated carbocycles. The van der Waals surface area contributed by atoms with Gasteiger partial charge in [0.05, 0.1) is 5.70 Å². The maximum Gasteiger partial charge on any atom is 0.276 e. The van der Waals surface area contributed by atoms with Gasteiger partial charge in [-0.15, -0.1) is 0 Å². The van der Waals surface area contributed by atoms with E-state index < -0.39 is 5.54 Å². The number of hydrogen-bond acceptors (Lipinski definition) is 3. The standard InChI is InChI=1S/C25H27N3O2/c1-14-9-11-24(4)21-20(14)25(5)16-7-6-8-18(29)15(16)13-19(23(25,2)3)27(21)22(30)17-10-12-26-28(17)24/h6-12,14,19,29H,13H2,1-5H3/t14?,19?,24?,25-/m1/s1. The average molecular weight is 402 g/mol. The molecular formula is C25H27N3O2. The second-order valence-corrected chi connectivity index (χ2v) is 10.2. The van der Waals surface area contributed by atoms with E-state index >= 15 is 0 Å². The average Bonchev–Trinajstić information content (AvgIpc) is 3.18. The number of benzene rings is 1. The number of carbonyl (C=O) groups excluding carboxylic acids is 1. The third-order valence-corrected chi connectivity index (χ3v) is 8.72. The summed E-state index contributed by atoms with van der Waals surface area (Å²) >= 11 is 0. The molecule has 30 heavy (non-hydrogen) atoms. The largest absolute Gasteiger partial charge is 0.508 e. The molecule has 6 rings (SSSR count). The number of aromatic hydroxyl groups is 1. The van der Waals surface area contributed by atoms with Gasteiger partial charge in [-0.25, -0.2) is 4.68 Å². The van der Waals surface area contributed by atoms with Crippen LogP contribution in [0.5, 0.6) is 5.75 Å². The molecule has 4 atom stereocenters. The highest BCUT2D eigenvalue weighted by atomic mass is 16.3. The Morgan fingerprint density at radius 1 is 1.17 bits per heavy atom. The minimum atomic E-state index is -0.501. The summed E-state index contributed by atoms with van der Waals surface area (Å²) in [6.45, 7) is 11.3. The van der Waals surface area contributed by atoms with E-state index in [2.05, 4.69) is 62.8 Å². The van der Waals surface area contributed by atoms with Crippen LogP contribution in [0, 0.1) is 11.3 Å². The number of rotatable bonds is 0. The lowest BCUT2D eigenvalue weighted by molar-refractivity contribution is -0.000483. The van der Waals surface area contributed by atoms with E-state index in [9.17, 15) is 9.90 Å². The Hall–Kier alpha value is -2.82. The van der Waals surface area contributed by atoms with Crippen LogP contribution < -0.4 is 0 Å². The Kier molecular flexibility index (Phi) is 3.04. The van der Waals surface area contributed by atoms with Crippen molar-refractivity contribution in [3.63, 3.8) is 0 Å². The van der Waals surface area contributed by atoms with E-state index in [0.29, 0.717) is 17.9 Å². The van der Waals surface area contributed by atoms with Gasteiger partial charge in [-0.05, 0) is 47.9 Å². The first-order valence-corrected chi connectivity index (χ1v) is 10.8. The number of phenolic OH excluding ortho intramolecular Hbond substituents is 1. The molecule has 3 heterocycles. The van der Waals surface area contributed by atoms with E-state index in [0.717, 1.165) is 11.3 Å². The fraction of sp³-hybridized carbons (Fsp3) is 0.440. The van der Waals surface area contributed by atoms with E-state index in [1.165, 1.54) is 11.1 Å². The lowest BCUT2D eigenvalue weighted by atomic mass is 9.46. The minimum absolute atomic E-state index is 0.0129. The van der Waals surface area contributed by atoms with E-state index in [1.807, 2.05) is 16.8 Å². The summed E-state index contributed by atoms with van der Waals surface area (Å²) in [5.41, 5.74) is 4.13. The first-order valence-electron chi connectivity index (χ1n) is 10.8. The summed E-state index contributed by atoms with van der Waals surface area (Å²) in [4.78, 5) is 15.9. The van der Waals surface area contributed by atoms with Crippen LogP contribution in [0.25, 0.3) is 0 Å². The number of allylic oxidation sites excluding steroid dienone is 3. The molecular weight excluding hydrogens is 374 g/mol. The number of fused-ring (bicyclic) bond motifs is 8. The molecule has 2 aromatic rings. The topological polar surface area (TPSA) is 58.4 Å². The smallest absolute Gasteiger partial charge is 0.276 e. The molecule has 1 N–H and O–H groups in total. The summed E-state index contributed by atoms with van der Waals surface area (Å²) in [6.07, 6.45) is 6.85. The quantitative estimate of drug-likeness (QED) is 0.675. The number of carbonyl (C=O) groups is 1. The molecule has 5 nitrogen and oxygen atoms in total. The predicted octanol–water partition coefficient (Wildman–Crippen LogP) is 4.14. The third-order valence-electron chi connectivity index (χ3n) is 8.72. The number of hydrogen-bond donors (Lipinski definition) is 1. The second-order valence-electron chi connectivity index (χ2n) is 10.2. The van der Waals surface area contributed by atoms with Crippen LogP contribution in [-0.4, -0.2) is 31.7 Å². The van der Waals surface area contributed by atoms with Gasteiger partial charge in [0.25, 0.3) is 5.91 Å². The summed E-state index contributed by atoms with van der Waals surface area (Å²) < 4.78 is 1.89. The van der Waals surface area contributed by atoms with Crippen molar-refractivity contribution in [2.24, 2.45) is 11.3 Å². The van der Waals surface area contributed by atoms with Crippen LogP contribution in [0.1, 0.15) is 56.2 Å². The summed E-state index contributed by atoms with van der Waals surface area (Å²) in [5, 5.41) is 15.3. The Morgan fingerprint density at radius 2 is 1.93 bits per heavy atom. The van der Waals surface area contributed by atoms with Crippen molar-refractivity contribution < 1.29 is 9.90 Å². The van der Waals surface area contributed by atoms with Crippen LogP contribution in [0.4, 0.5) is 0 Å². The molecule has 1 aromatic heterocycles. The van der Waals surface area contributed by atoms with Crippen LogP contribution >= 0.6 is 0 Å². The highest BCUT2D eigenvalue weighted by molar-refractivity contribution is 5.96. The van der Waals surface area contributed by atoms with Gasteiger partial charge in [0.1, 0.15) is 17.0 Å². The van der Waals surface area contributed by atoms with Crippen molar-refractivity contribution >= 4 is 5.91 Å². The third kappa shape index (κ3) is 1.66. The number of nitrogens with zero attached hydrogens (tertiary/aromatic N) is 3. The summed E-state index contributed by atoms with van der Waals surface area (Å²) in [5.74, 6) is 0.525. The van der Waals surface area contributed by atoms with Crippen LogP contribution in [-0.2, 0) is 17.4 Å². The van der Waals surface area contributed by atoms with Gasteiger partial charge in [-0.3, -0.25) is 4.79 Å². The van der Waals surface area contributed by atoms with Gasteiger partial charge in [-0.2, -0.15) is 5.10 Å². The van der Waals surface area contributed by atoms with E-state index in [1.54, 1.807) is 12.3 Å². The molecule has 0 fully saturated rings. The molecule has 1 aromatic carbocycles. The van der Waals surface area contributed by atoms with E-state index in [4.69, 9.17) is 0 Å². The lowest BCUT2D eigenvalue weighted by Gasteiger charge is -2.65. The molecule has 2 aliphatic carbocycles. The first-order chi connectivity index (χ1) is 14.1. The Balaban J connectivity index is 1.79. The molecule has 0 radical (unpaired) electrons. The van der Waals surface area contributed by atoms with Crippen LogP contribution in [0.2, 0.25) is 0 Å². The fourth-order valence-corrected chi connectivity index (χ4v) is 6.88. The lowest BCUT2D eigenvalue weighted by Crippen LogP contribution is -2.69. The fourth-order valence-electron chi connectivity index (χ4n) is 6.88. The SMILES string of the molecule is CC1C=CC2(C)C3=C1[C@@]1(C)c4cccc(O)c4CC(N3C(=O)c3ccnn32)C1(C)C. The molecule has 5 heteroatoms. The molecule has 2 aliphatic heterocycles. The molecule has 3 unspecified atom stereocenters. The number of amides is 1. The zero-order valence-electron chi connectivity index (χ0n) is 18.1. The van der Waals surface area contributed by atoms with Gasteiger partial charge in [-0.1, -0.05) is 52.0 Å². The molecule has 0 saturated heterocycles. The van der Waals surface area contributed by atoms with Crippen molar-refractivity contribution in [3.8, 4) is 5.75 Å². The maximum atomic E-state index is 13.8. The van der Waals surface area contributed by atoms with Crippen LogP contribution in [0.3, 0.4) is 0 Å². The zero-order chi connectivity index (χ0) is 21.2. The molecule has 1 amide bonds. The Morgan fingerprint density at radius 3 is 2.70 bits per heavy atom. The second kappa shape index (κ2) is 5.08. The first kappa shape index (κ1) is 18.0. The zero-order valence-corrected chi connectivity index (χ0v) is 18.1. The highest BCUT2D eigenvalue weighted by Crippen LogP contribution is 2.65. The van der Waals surface area contributed by atoms with Crippen molar-refractivity contribution in [1.82, 2.24) is 14.7 Å². The van der Waals surface area contributed by atoms with Crippen molar-refractivity contribution in [3.05, 3.63) is 70.7 Å². The summed E-state index contributed by atoms with van der Waals surface area (Å²) in [6, 6.07) is 7.67. The van der Waals surface area contributed by atoms with E-state index in [-0.39, 0.29) is 28.7 Å². The predicted molar refractivity (Wildman–Crippen MR) is 114 cm³/mol. The highest BCUT2D eigenvalue weighted by Gasteiger charge is 2.65. The molecule has 4 aliphatic rings. The Bertz CT molecular complexity index is 1200. The monoisotopic (exact) mass is 401 g/mol. The van der Waals surface area contributed by atoms with Gasteiger partial charge in [0.15, 0.2) is 0 Å².